The van der Waals surface area contributed by atoms with Gasteiger partial charge in [0.15, 0.2) is 0 Å². The maximum Gasteiger partial charge on any atom is 0.277 e. The van der Waals surface area contributed by atoms with Crippen molar-refractivity contribution < 1.29 is 17.6 Å². The van der Waals surface area contributed by atoms with E-state index >= 15 is 0 Å². The second kappa shape index (κ2) is 11.0. The molecule has 0 atom stereocenters. The Bertz CT molecular complexity index is 1270. The van der Waals surface area contributed by atoms with Crippen LogP contribution in [0.3, 0.4) is 0 Å². The van der Waals surface area contributed by atoms with Gasteiger partial charge in [0.1, 0.15) is 0 Å². The zero-order valence-corrected chi connectivity index (χ0v) is 20.3. The van der Waals surface area contributed by atoms with Gasteiger partial charge in [0.2, 0.25) is 10.0 Å². The third-order valence-corrected chi connectivity index (χ3v) is 8.14. The van der Waals surface area contributed by atoms with E-state index in [1.54, 1.807) is 42.5 Å². The number of thioether (sulfide) groups is 1. The molecule has 3 aromatic rings. The number of carbonyl (C=O) groups is 1. The molecular weight excluding hydrogens is 472 g/mol. The monoisotopic (exact) mass is 498 g/mol. The molecule has 0 aliphatic carbocycles. The van der Waals surface area contributed by atoms with Crippen molar-refractivity contribution in [3.63, 3.8) is 0 Å². The first-order chi connectivity index (χ1) is 16.5. The predicted octanol–water partition coefficient (Wildman–Crippen LogP) is 4.83. The molecule has 1 aliphatic rings. The van der Waals surface area contributed by atoms with Gasteiger partial charge in [0, 0.05) is 24.4 Å². The third kappa shape index (κ3) is 5.57. The van der Waals surface area contributed by atoms with Crippen molar-refractivity contribution in [1.82, 2.24) is 14.5 Å². The standard InChI is InChI=1S/C24H26N4O4S2/c1-2-16-33-24-27-26-23(32-24)20-12-5-6-13-21(20)25-22(29)18-10-9-11-19(17-18)34(30,31)28-14-7-3-4-8-15-28/h2,5-6,9-13,17H,1,3-4,7-8,14-16H2,(H,25,29). The molecular formula is C24H26N4O4S2. The van der Waals surface area contributed by atoms with Crippen LogP contribution >= 0.6 is 11.8 Å². The van der Waals surface area contributed by atoms with E-state index in [4.69, 9.17) is 4.42 Å². The van der Waals surface area contributed by atoms with Gasteiger partial charge in [-0.3, -0.25) is 4.79 Å². The zero-order chi connectivity index (χ0) is 24.0. The molecule has 4 rings (SSSR count). The number of nitrogens with one attached hydrogen (secondary N) is 1. The number of carbonyl (C=O) groups excluding carboxylic acids is 1. The van der Waals surface area contributed by atoms with Gasteiger partial charge in [-0.05, 0) is 43.2 Å². The first kappa shape index (κ1) is 24.2. The number of hydrogen-bond donors (Lipinski definition) is 1. The van der Waals surface area contributed by atoms with Crippen LogP contribution in [0, 0.1) is 0 Å². The van der Waals surface area contributed by atoms with Crippen LogP contribution in [0.2, 0.25) is 0 Å². The van der Waals surface area contributed by atoms with E-state index in [-0.39, 0.29) is 16.3 Å². The van der Waals surface area contributed by atoms with E-state index < -0.39 is 15.9 Å². The lowest BCUT2D eigenvalue weighted by molar-refractivity contribution is 0.102. The highest BCUT2D eigenvalue weighted by atomic mass is 32.2. The van der Waals surface area contributed by atoms with Gasteiger partial charge in [-0.15, -0.1) is 16.8 Å². The number of para-hydroxylation sites is 1. The summed E-state index contributed by atoms with van der Waals surface area (Å²) in [5, 5.41) is 11.3. The second-order valence-electron chi connectivity index (χ2n) is 7.82. The minimum absolute atomic E-state index is 0.121. The number of benzene rings is 2. The van der Waals surface area contributed by atoms with E-state index in [2.05, 4.69) is 22.1 Å². The van der Waals surface area contributed by atoms with Crippen LogP contribution in [-0.2, 0) is 10.0 Å². The first-order valence-electron chi connectivity index (χ1n) is 11.1. The Morgan fingerprint density at radius 2 is 1.85 bits per heavy atom. The molecule has 1 N–H and O–H groups in total. The van der Waals surface area contributed by atoms with Crippen molar-refractivity contribution in [3.05, 3.63) is 66.7 Å². The maximum atomic E-state index is 13.1. The van der Waals surface area contributed by atoms with Crippen LogP contribution in [0.15, 0.2) is 75.7 Å². The average Bonchev–Trinajstić information content (AvgIpc) is 3.14. The van der Waals surface area contributed by atoms with Gasteiger partial charge >= 0.3 is 0 Å². The highest BCUT2D eigenvalue weighted by Gasteiger charge is 2.26. The molecule has 1 amide bonds. The summed E-state index contributed by atoms with van der Waals surface area (Å²) >= 11 is 1.36. The Morgan fingerprint density at radius 3 is 2.62 bits per heavy atom. The molecule has 0 saturated carbocycles. The fraction of sp³-hybridized carbons (Fsp3) is 0.292. The SMILES string of the molecule is C=CCSc1nnc(-c2ccccc2NC(=O)c2cccc(S(=O)(=O)N3CCCCCC3)c2)o1. The van der Waals surface area contributed by atoms with Crippen LogP contribution < -0.4 is 5.32 Å². The van der Waals surface area contributed by atoms with Crippen LogP contribution in [0.25, 0.3) is 11.5 Å². The summed E-state index contributed by atoms with van der Waals surface area (Å²) in [5.41, 5.74) is 1.30. The summed E-state index contributed by atoms with van der Waals surface area (Å²) in [6, 6.07) is 13.2. The van der Waals surface area contributed by atoms with Crippen molar-refractivity contribution >= 4 is 33.4 Å². The molecule has 10 heteroatoms. The smallest absolute Gasteiger partial charge is 0.277 e. The number of nitrogens with zero attached hydrogens (tertiary/aromatic N) is 3. The van der Waals surface area contributed by atoms with Gasteiger partial charge in [-0.25, -0.2) is 8.42 Å². The largest absolute Gasteiger partial charge is 0.411 e. The highest BCUT2D eigenvalue weighted by molar-refractivity contribution is 7.99. The minimum Gasteiger partial charge on any atom is -0.411 e. The molecule has 2 aromatic carbocycles. The summed E-state index contributed by atoms with van der Waals surface area (Å²) in [5.74, 6) is 0.484. The van der Waals surface area contributed by atoms with Crippen LogP contribution in [0.5, 0.6) is 0 Å². The number of sulfonamides is 1. The van der Waals surface area contributed by atoms with Crippen LogP contribution in [-0.4, -0.2) is 47.7 Å². The molecule has 1 fully saturated rings. The molecule has 8 nitrogen and oxygen atoms in total. The molecule has 34 heavy (non-hydrogen) atoms. The lowest BCUT2D eigenvalue weighted by Gasteiger charge is -2.20. The van der Waals surface area contributed by atoms with Crippen molar-refractivity contribution in [2.75, 3.05) is 24.2 Å². The number of rotatable bonds is 8. The fourth-order valence-electron chi connectivity index (χ4n) is 3.71. The summed E-state index contributed by atoms with van der Waals surface area (Å²) < 4.78 is 33.5. The van der Waals surface area contributed by atoms with Gasteiger partial charge in [0.25, 0.3) is 17.0 Å². The summed E-state index contributed by atoms with van der Waals surface area (Å²) in [7, 11) is -3.66. The Morgan fingerprint density at radius 1 is 1.09 bits per heavy atom. The van der Waals surface area contributed by atoms with E-state index in [9.17, 15) is 13.2 Å². The molecule has 2 heterocycles. The molecule has 1 aliphatic heterocycles. The van der Waals surface area contributed by atoms with E-state index in [1.165, 1.54) is 28.2 Å². The Labute approximate surface area is 203 Å². The Balaban J connectivity index is 1.55. The van der Waals surface area contributed by atoms with E-state index in [0.717, 1.165) is 25.7 Å². The van der Waals surface area contributed by atoms with Gasteiger partial charge in [-0.1, -0.05) is 48.9 Å². The molecule has 0 radical (unpaired) electrons. The lowest BCUT2D eigenvalue weighted by atomic mass is 10.1. The number of aromatic nitrogens is 2. The van der Waals surface area contributed by atoms with Gasteiger partial charge < -0.3 is 9.73 Å². The summed E-state index contributed by atoms with van der Waals surface area (Å²) in [4.78, 5) is 13.2. The number of hydrogen-bond acceptors (Lipinski definition) is 7. The number of anilines is 1. The molecule has 0 unspecified atom stereocenters. The summed E-state index contributed by atoms with van der Waals surface area (Å²) in [6.45, 7) is 4.68. The van der Waals surface area contributed by atoms with Crippen LogP contribution in [0.1, 0.15) is 36.0 Å². The van der Waals surface area contributed by atoms with E-state index in [0.29, 0.717) is 35.3 Å². The van der Waals surface area contributed by atoms with Crippen molar-refractivity contribution in [1.29, 1.82) is 0 Å². The predicted molar refractivity (Wildman–Crippen MR) is 132 cm³/mol. The second-order valence-corrected chi connectivity index (χ2v) is 10.7. The molecule has 178 valence electrons. The quantitative estimate of drug-likeness (QED) is 0.350. The Hall–Kier alpha value is -2.95. The third-order valence-electron chi connectivity index (χ3n) is 5.44. The summed E-state index contributed by atoms with van der Waals surface area (Å²) in [6.07, 6.45) is 5.49. The van der Waals surface area contributed by atoms with Gasteiger partial charge in [0.05, 0.1) is 16.1 Å². The maximum absolute atomic E-state index is 13.1. The van der Waals surface area contributed by atoms with Crippen molar-refractivity contribution in [3.8, 4) is 11.5 Å². The minimum atomic E-state index is -3.66. The van der Waals surface area contributed by atoms with Crippen LogP contribution in [0.4, 0.5) is 5.69 Å². The van der Waals surface area contributed by atoms with E-state index in [1.807, 2.05) is 0 Å². The lowest BCUT2D eigenvalue weighted by Crippen LogP contribution is -2.32. The molecule has 1 aromatic heterocycles. The average molecular weight is 499 g/mol. The van der Waals surface area contributed by atoms with Crippen molar-refractivity contribution in [2.24, 2.45) is 0 Å². The Kier molecular flexibility index (Phi) is 7.81. The fourth-order valence-corrected chi connectivity index (χ4v) is 5.77. The topological polar surface area (TPSA) is 105 Å². The normalized spacial score (nSPS) is 14.9. The molecule has 0 bridgehead atoms. The van der Waals surface area contributed by atoms with Gasteiger partial charge in [-0.2, -0.15) is 4.31 Å². The highest BCUT2D eigenvalue weighted by Crippen LogP contribution is 2.30. The zero-order valence-electron chi connectivity index (χ0n) is 18.6. The number of amides is 1. The molecule has 0 spiro atoms. The molecule has 1 saturated heterocycles. The van der Waals surface area contributed by atoms with Crippen molar-refractivity contribution in [2.45, 2.75) is 35.8 Å². The first-order valence-corrected chi connectivity index (χ1v) is 13.5.